The maximum atomic E-state index is 12.4. The molecule has 1 fully saturated rings. The summed E-state index contributed by atoms with van der Waals surface area (Å²) in [6.07, 6.45) is 3.47. The Balaban J connectivity index is 1.62. The minimum atomic E-state index is 0.244. The first-order chi connectivity index (χ1) is 13.0. The van der Waals surface area contributed by atoms with Crippen LogP contribution in [0.15, 0.2) is 30.3 Å². The molecule has 3 aromatic rings. The smallest absolute Gasteiger partial charge is 0.222 e. The number of carbonyl (C=O) groups excluding carboxylic acids is 1. The molecule has 1 saturated heterocycles. The lowest BCUT2D eigenvalue weighted by Gasteiger charge is -2.16. The van der Waals surface area contributed by atoms with Crippen molar-refractivity contribution in [3.63, 3.8) is 0 Å². The zero-order valence-electron chi connectivity index (χ0n) is 15.7. The van der Waals surface area contributed by atoms with Crippen LogP contribution in [0, 0.1) is 13.8 Å². The predicted molar refractivity (Wildman–Crippen MR) is 107 cm³/mol. The number of amides is 1. The van der Waals surface area contributed by atoms with Crippen LogP contribution in [0.3, 0.4) is 0 Å². The van der Waals surface area contributed by atoms with E-state index in [-0.39, 0.29) is 5.91 Å². The zero-order chi connectivity index (χ0) is 19.0. The van der Waals surface area contributed by atoms with Gasteiger partial charge in [-0.25, -0.2) is 9.50 Å². The van der Waals surface area contributed by atoms with Gasteiger partial charge < -0.3 is 4.90 Å². The lowest BCUT2D eigenvalue weighted by Crippen LogP contribution is -2.28. The van der Waals surface area contributed by atoms with Crippen molar-refractivity contribution in [3.05, 3.63) is 52.3 Å². The summed E-state index contributed by atoms with van der Waals surface area (Å²) in [5.41, 5.74) is 5.83. The lowest BCUT2D eigenvalue weighted by atomic mass is 10.1. The molecule has 140 valence electrons. The molecule has 4 rings (SSSR count). The number of hydrogen-bond donors (Lipinski definition) is 0. The second kappa shape index (κ2) is 7.31. The molecule has 5 nitrogen and oxygen atoms in total. The quantitative estimate of drug-likeness (QED) is 0.678. The molecule has 0 radical (unpaired) electrons. The summed E-state index contributed by atoms with van der Waals surface area (Å²) in [6.45, 7) is 5.86. The molecule has 0 aliphatic carbocycles. The third kappa shape index (κ3) is 3.56. The highest BCUT2D eigenvalue weighted by molar-refractivity contribution is 6.30. The first-order valence-corrected chi connectivity index (χ1v) is 9.80. The SMILES string of the molecule is Cc1nc2cc(-c3ccc(Cl)cc3)nn2c(C)c1CCC(=O)N1CCCC1. The number of nitrogens with zero attached hydrogens (tertiary/aromatic N) is 4. The molecule has 27 heavy (non-hydrogen) atoms. The topological polar surface area (TPSA) is 50.5 Å². The molecular formula is C21H23ClN4O. The minimum Gasteiger partial charge on any atom is -0.343 e. The number of aromatic nitrogens is 3. The van der Waals surface area contributed by atoms with E-state index in [1.807, 2.05) is 46.7 Å². The van der Waals surface area contributed by atoms with E-state index in [2.05, 4.69) is 6.92 Å². The van der Waals surface area contributed by atoms with E-state index in [0.29, 0.717) is 17.9 Å². The number of rotatable bonds is 4. The zero-order valence-corrected chi connectivity index (χ0v) is 16.5. The Morgan fingerprint density at radius 2 is 1.85 bits per heavy atom. The molecule has 6 heteroatoms. The van der Waals surface area contributed by atoms with Crippen molar-refractivity contribution in [2.45, 2.75) is 39.5 Å². The molecule has 1 aromatic carbocycles. The van der Waals surface area contributed by atoms with Gasteiger partial charge in [0.05, 0.1) is 5.69 Å². The molecule has 3 heterocycles. The van der Waals surface area contributed by atoms with Crippen LogP contribution in [0.25, 0.3) is 16.9 Å². The van der Waals surface area contributed by atoms with Crippen molar-refractivity contribution in [2.75, 3.05) is 13.1 Å². The summed E-state index contributed by atoms with van der Waals surface area (Å²) in [5.74, 6) is 0.244. The van der Waals surface area contributed by atoms with Gasteiger partial charge in [0.15, 0.2) is 5.65 Å². The van der Waals surface area contributed by atoms with Crippen molar-refractivity contribution < 1.29 is 4.79 Å². The van der Waals surface area contributed by atoms with Crippen LogP contribution in [0.5, 0.6) is 0 Å². The van der Waals surface area contributed by atoms with Gasteiger partial charge in [-0.05, 0) is 50.8 Å². The molecule has 2 aromatic heterocycles. The number of benzene rings is 1. The van der Waals surface area contributed by atoms with Crippen LogP contribution in [-0.2, 0) is 11.2 Å². The van der Waals surface area contributed by atoms with E-state index < -0.39 is 0 Å². The van der Waals surface area contributed by atoms with Gasteiger partial charge in [0.1, 0.15) is 0 Å². The second-order valence-corrected chi connectivity index (χ2v) is 7.59. The normalized spacial score (nSPS) is 14.3. The molecule has 0 atom stereocenters. The third-order valence-electron chi connectivity index (χ3n) is 5.35. The maximum absolute atomic E-state index is 12.4. The van der Waals surface area contributed by atoms with Crippen molar-refractivity contribution >= 4 is 23.2 Å². The van der Waals surface area contributed by atoms with E-state index in [9.17, 15) is 4.79 Å². The van der Waals surface area contributed by atoms with Gasteiger partial charge in [0.2, 0.25) is 5.91 Å². The lowest BCUT2D eigenvalue weighted by molar-refractivity contribution is -0.130. The average molecular weight is 383 g/mol. The standard InChI is InChI=1S/C21H23ClN4O/c1-14-18(9-10-21(27)25-11-3-4-12-25)15(2)26-20(23-14)13-19(24-26)16-5-7-17(22)8-6-16/h5-8,13H,3-4,9-12H2,1-2H3. The van der Waals surface area contributed by atoms with E-state index in [4.69, 9.17) is 21.7 Å². The highest BCUT2D eigenvalue weighted by atomic mass is 35.5. The molecule has 0 bridgehead atoms. The number of fused-ring (bicyclic) bond motifs is 1. The van der Waals surface area contributed by atoms with Crippen molar-refractivity contribution in [2.24, 2.45) is 0 Å². The Labute approximate surface area is 164 Å². The van der Waals surface area contributed by atoms with Gasteiger partial charge in [-0.2, -0.15) is 5.10 Å². The highest BCUT2D eigenvalue weighted by Gasteiger charge is 2.19. The van der Waals surface area contributed by atoms with Crippen LogP contribution in [0.4, 0.5) is 0 Å². The van der Waals surface area contributed by atoms with E-state index in [0.717, 1.165) is 59.8 Å². The predicted octanol–water partition coefficient (Wildman–Crippen LogP) is 4.22. The van der Waals surface area contributed by atoms with Gasteiger partial charge in [0.25, 0.3) is 0 Å². The van der Waals surface area contributed by atoms with Crippen molar-refractivity contribution in [3.8, 4) is 11.3 Å². The Kier molecular flexibility index (Phi) is 4.87. The van der Waals surface area contributed by atoms with Gasteiger partial charge in [-0.1, -0.05) is 23.7 Å². The number of halogens is 1. The summed E-state index contributed by atoms with van der Waals surface area (Å²) < 4.78 is 1.88. The summed E-state index contributed by atoms with van der Waals surface area (Å²) in [6, 6.07) is 9.63. The Hall–Kier alpha value is -2.40. The molecular weight excluding hydrogens is 360 g/mol. The maximum Gasteiger partial charge on any atom is 0.222 e. The van der Waals surface area contributed by atoms with Gasteiger partial charge in [-0.3, -0.25) is 4.79 Å². The van der Waals surface area contributed by atoms with Gasteiger partial charge in [0, 0.05) is 47.6 Å². The average Bonchev–Trinajstić information content (AvgIpc) is 3.32. The Bertz CT molecular complexity index is 988. The highest BCUT2D eigenvalue weighted by Crippen LogP contribution is 2.24. The number of likely N-dealkylation sites (tertiary alicyclic amines) is 1. The van der Waals surface area contributed by atoms with Crippen LogP contribution in [-0.4, -0.2) is 38.5 Å². The van der Waals surface area contributed by atoms with E-state index in [1.165, 1.54) is 0 Å². The Morgan fingerprint density at radius 3 is 2.56 bits per heavy atom. The first kappa shape index (κ1) is 18.0. The molecule has 1 aliphatic heterocycles. The molecule has 0 N–H and O–H groups in total. The van der Waals surface area contributed by atoms with Crippen molar-refractivity contribution in [1.29, 1.82) is 0 Å². The molecule has 1 amide bonds. The number of carbonyl (C=O) groups is 1. The number of aryl methyl sites for hydroxylation is 2. The van der Waals surface area contributed by atoms with Gasteiger partial charge >= 0.3 is 0 Å². The minimum absolute atomic E-state index is 0.244. The van der Waals surface area contributed by atoms with Crippen LogP contribution in [0.1, 0.15) is 36.2 Å². The van der Waals surface area contributed by atoms with Crippen LogP contribution < -0.4 is 0 Å². The third-order valence-corrected chi connectivity index (χ3v) is 5.60. The summed E-state index contributed by atoms with van der Waals surface area (Å²) in [7, 11) is 0. The Morgan fingerprint density at radius 1 is 1.15 bits per heavy atom. The molecule has 0 unspecified atom stereocenters. The van der Waals surface area contributed by atoms with E-state index >= 15 is 0 Å². The molecule has 0 spiro atoms. The molecule has 1 aliphatic rings. The number of hydrogen-bond acceptors (Lipinski definition) is 3. The monoisotopic (exact) mass is 382 g/mol. The largest absolute Gasteiger partial charge is 0.343 e. The fourth-order valence-electron chi connectivity index (χ4n) is 3.81. The fraction of sp³-hybridized carbons (Fsp3) is 0.381. The summed E-state index contributed by atoms with van der Waals surface area (Å²) in [5, 5.41) is 5.44. The van der Waals surface area contributed by atoms with Gasteiger partial charge in [-0.15, -0.1) is 0 Å². The fourth-order valence-corrected chi connectivity index (χ4v) is 3.93. The first-order valence-electron chi connectivity index (χ1n) is 9.42. The summed E-state index contributed by atoms with van der Waals surface area (Å²) in [4.78, 5) is 19.1. The van der Waals surface area contributed by atoms with Crippen LogP contribution in [0.2, 0.25) is 5.02 Å². The second-order valence-electron chi connectivity index (χ2n) is 7.16. The molecule has 0 saturated carbocycles. The van der Waals surface area contributed by atoms with Crippen LogP contribution >= 0.6 is 11.6 Å². The van der Waals surface area contributed by atoms with E-state index in [1.54, 1.807) is 0 Å². The van der Waals surface area contributed by atoms with Crippen molar-refractivity contribution in [1.82, 2.24) is 19.5 Å². The summed E-state index contributed by atoms with van der Waals surface area (Å²) >= 11 is 5.98.